The van der Waals surface area contributed by atoms with Crippen molar-refractivity contribution in [2.24, 2.45) is 5.73 Å². The second-order valence-electron chi connectivity index (χ2n) is 2.99. The van der Waals surface area contributed by atoms with Gasteiger partial charge in [-0.15, -0.1) is 0 Å². The van der Waals surface area contributed by atoms with Gasteiger partial charge in [0.2, 0.25) is 5.91 Å². The van der Waals surface area contributed by atoms with Crippen molar-refractivity contribution in [1.82, 2.24) is 15.3 Å². The van der Waals surface area contributed by atoms with Crippen molar-refractivity contribution in [2.45, 2.75) is 19.0 Å². The Bertz CT molecular complexity index is 339. The summed E-state index contributed by atoms with van der Waals surface area (Å²) < 4.78 is 0. The Morgan fingerprint density at radius 3 is 2.85 bits per heavy atom. The van der Waals surface area contributed by atoms with Gasteiger partial charge in [0.1, 0.15) is 0 Å². The van der Waals surface area contributed by atoms with Crippen molar-refractivity contribution < 1.29 is 4.79 Å². The molecule has 1 unspecified atom stereocenters. The topological polar surface area (TPSA) is 80.9 Å². The van der Waals surface area contributed by atoms with E-state index in [4.69, 9.17) is 5.73 Å². The smallest absolute Gasteiger partial charge is 0.234 e. The molecule has 1 aromatic rings. The first-order valence-corrected chi connectivity index (χ1v) is 4.09. The summed E-state index contributed by atoms with van der Waals surface area (Å²) >= 11 is 0. The highest BCUT2D eigenvalue weighted by Crippen LogP contribution is 2.10. The Kier molecular flexibility index (Phi) is 1.94. The minimum Gasteiger partial charge on any atom is -0.368 e. The van der Waals surface area contributed by atoms with Crippen molar-refractivity contribution in [3.8, 4) is 0 Å². The molecule has 68 valence electrons. The van der Waals surface area contributed by atoms with Gasteiger partial charge in [-0.25, -0.2) is 0 Å². The number of nitrogens with two attached hydrogens (primary N) is 1. The first-order valence-electron chi connectivity index (χ1n) is 4.09. The van der Waals surface area contributed by atoms with Gasteiger partial charge in [-0.1, -0.05) is 0 Å². The predicted molar refractivity (Wildman–Crippen MR) is 45.6 cm³/mol. The van der Waals surface area contributed by atoms with Crippen LogP contribution in [0.4, 0.5) is 0 Å². The molecular weight excluding hydrogens is 168 g/mol. The van der Waals surface area contributed by atoms with Gasteiger partial charge < -0.3 is 5.73 Å². The lowest BCUT2D eigenvalue weighted by Crippen LogP contribution is -2.45. The van der Waals surface area contributed by atoms with E-state index < -0.39 is 0 Å². The summed E-state index contributed by atoms with van der Waals surface area (Å²) in [5, 5.41) is 3.00. The number of carbonyl (C=O) groups is 1. The molecule has 1 aromatic heterocycles. The van der Waals surface area contributed by atoms with E-state index in [1.165, 1.54) is 0 Å². The molecule has 2 heterocycles. The van der Waals surface area contributed by atoms with Gasteiger partial charge in [0, 0.05) is 25.4 Å². The molecule has 1 atom stereocenters. The van der Waals surface area contributed by atoms with Crippen molar-refractivity contribution in [3.63, 3.8) is 0 Å². The van der Waals surface area contributed by atoms with Gasteiger partial charge in [-0.05, 0) is 0 Å². The fourth-order valence-electron chi connectivity index (χ4n) is 1.40. The number of hydrogen-bond acceptors (Lipinski definition) is 4. The van der Waals surface area contributed by atoms with Crippen molar-refractivity contribution >= 4 is 5.91 Å². The molecule has 0 fully saturated rings. The fraction of sp³-hybridized carbons (Fsp3) is 0.375. The summed E-state index contributed by atoms with van der Waals surface area (Å²) in [6.07, 6.45) is 3.81. The third kappa shape index (κ3) is 1.50. The summed E-state index contributed by atoms with van der Waals surface area (Å²) in [6, 6.07) is -0.302. The molecule has 0 spiro atoms. The fourth-order valence-corrected chi connectivity index (χ4v) is 1.40. The maximum Gasteiger partial charge on any atom is 0.234 e. The molecule has 1 aliphatic rings. The first-order chi connectivity index (χ1) is 6.27. The molecule has 2 rings (SSSR count). The van der Waals surface area contributed by atoms with Crippen LogP contribution < -0.4 is 11.1 Å². The number of hydrogen-bond donors (Lipinski definition) is 2. The second kappa shape index (κ2) is 3.10. The number of aromatic nitrogens is 2. The molecule has 0 saturated heterocycles. The molecule has 0 bridgehead atoms. The number of fused-ring (bicyclic) bond motifs is 1. The number of primary amides is 1. The van der Waals surface area contributed by atoms with E-state index in [1.54, 1.807) is 12.4 Å². The number of carbonyl (C=O) groups excluding carboxylic acids is 1. The zero-order valence-electron chi connectivity index (χ0n) is 7.03. The molecule has 0 saturated carbocycles. The van der Waals surface area contributed by atoms with Gasteiger partial charge in [-0.2, -0.15) is 0 Å². The standard InChI is InChI=1S/C8H10N4O/c9-8(13)6-3-5-7(4-12-6)11-2-1-10-5/h1-2,6,12H,3-4H2,(H2,9,13). The minimum atomic E-state index is -0.337. The van der Waals surface area contributed by atoms with Crippen molar-refractivity contribution in [2.75, 3.05) is 0 Å². The summed E-state index contributed by atoms with van der Waals surface area (Å²) in [6.45, 7) is 0.566. The average Bonchev–Trinajstić information content (AvgIpc) is 2.17. The Morgan fingerprint density at radius 1 is 1.46 bits per heavy atom. The summed E-state index contributed by atoms with van der Waals surface area (Å²) in [5.74, 6) is -0.337. The van der Waals surface area contributed by atoms with E-state index in [2.05, 4.69) is 15.3 Å². The van der Waals surface area contributed by atoms with Crippen LogP contribution in [0.1, 0.15) is 11.4 Å². The Balaban J connectivity index is 2.24. The monoisotopic (exact) mass is 178 g/mol. The Labute approximate surface area is 75.4 Å². The minimum absolute atomic E-state index is 0.302. The lowest BCUT2D eigenvalue weighted by atomic mass is 10.0. The predicted octanol–water partition coefficient (Wildman–Crippen LogP) is -1.02. The molecular formula is C8H10N4O. The van der Waals surface area contributed by atoms with Crippen LogP contribution in [0, 0.1) is 0 Å². The molecule has 3 N–H and O–H groups in total. The zero-order chi connectivity index (χ0) is 9.26. The summed E-state index contributed by atoms with van der Waals surface area (Å²) in [7, 11) is 0. The first kappa shape index (κ1) is 8.12. The van der Waals surface area contributed by atoms with Crippen LogP contribution in [0.25, 0.3) is 0 Å². The maximum atomic E-state index is 10.9. The van der Waals surface area contributed by atoms with Crippen molar-refractivity contribution in [3.05, 3.63) is 23.8 Å². The van der Waals surface area contributed by atoms with Crippen LogP contribution in [0.15, 0.2) is 12.4 Å². The second-order valence-corrected chi connectivity index (χ2v) is 2.99. The molecule has 0 aromatic carbocycles. The van der Waals surface area contributed by atoms with Crippen LogP contribution in [0.3, 0.4) is 0 Å². The van der Waals surface area contributed by atoms with E-state index >= 15 is 0 Å². The molecule has 13 heavy (non-hydrogen) atoms. The normalized spacial score (nSPS) is 20.8. The van der Waals surface area contributed by atoms with E-state index in [-0.39, 0.29) is 11.9 Å². The van der Waals surface area contributed by atoms with Crippen LogP contribution in [0.2, 0.25) is 0 Å². The Hall–Kier alpha value is -1.49. The highest BCUT2D eigenvalue weighted by Gasteiger charge is 2.23. The van der Waals surface area contributed by atoms with Gasteiger partial charge in [0.25, 0.3) is 0 Å². The number of rotatable bonds is 1. The van der Waals surface area contributed by atoms with Gasteiger partial charge in [0.05, 0.1) is 17.4 Å². The molecule has 0 aliphatic carbocycles. The third-order valence-electron chi connectivity index (χ3n) is 2.12. The number of nitrogens with zero attached hydrogens (tertiary/aromatic N) is 2. The largest absolute Gasteiger partial charge is 0.368 e. The van der Waals surface area contributed by atoms with Crippen LogP contribution in [0.5, 0.6) is 0 Å². The van der Waals surface area contributed by atoms with E-state index in [0.717, 1.165) is 11.4 Å². The summed E-state index contributed by atoms with van der Waals surface area (Å²) in [5.41, 5.74) is 6.94. The van der Waals surface area contributed by atoms with E-state index in [9.17, 15) is 4.79 Å². The highest BCUT2D eigenvalue weighted by atomic mass is 16.1. The molecule has 0 radical (unpaired) electrons. The number of amides is 1. The summed E-state index contributed by atoms with van der Waals surface area (Å²) in [4.78, 5) is 19.2. The third-order valence-corrected chi connectivity index (χ3v) is 2.12. The SMILES string of the molecule is NC(=O)C1Cc2nccnc2CN1. The van der Waals surface area contributed by atoms with Crippen LogP contribution in [-0.4, -0.2) is 21.9 Å². The molecule has 5 nitrogen and oxygen atoms in total. The Morgan fingerprint density at radius 2 is 2.15 bits per heavy atom. The van der Waals surface area contributed by atoms with Crippen LogP contribution >= 0.6 is 0 Å². The zero-order valence-corrected chi connectivity index (χ0v) is 7.03. The average molecular weight is 178 g/mol. The van der Waals surface area contributed by atoms with Crippen molar-refractivity contribution in [1.29, 1.82) is 0 Å². The lowest BCUT2D eigenvalue weighted by molar-refractivity contribution is -0.120. The van der Waals surface area contributed by atoms with Crippen LogP contribution in [-0.2, 0) is 17.8 Å². The maximum absolute atomic E-state index is 10.9. The highest BCUT2D eigenvalue weighted by molar-refractivity contribution is 5.80. The molecule has 5 heteroatoms. The van der Waals surface area contributed by atoms with Gasteiger partial charge in [0.15, 0.2) is 0 Å². The van der Waals surface area contributed by atoms with E-state index in [1.807, 2.05) is 0 Å². The molecule has 1 aliphatic heterocycles. The lowest BCUT2D eigenvalue weighted by Gasteiger charge is -2.21. The van der Waals surface area contributed by atoms with Gasteiger partial charge >= 0.3 is 0 Å². The van der Waals surface area contributed by atoms with E-state index in [0.29, 0.717) is 13.0 Å². The number of nitrogens with one attached hydrogen (secondary N) is 1. The quantitative estimate of drug-likeness (QED) is 0.576. The molecule has 1 amide bonds. The van der Waals surface area contributed by atoms with Gasteiger partial charge in [-0.3, -0.25) is 20.1 Å².